The predicted octanol–water partition coefficient (Wildman–Crippen LogP) is 3.51. The first kappa shape index (κ1) is 18.7. The van der Waals surface area contributed by atoms with Crippen LogP contribution in [0.2, 0.25) is 0 Å². The molecule has 2 aromatic carbocycles. The first-order chi connectivity index (χ1) is 13.6. The average molecular weight is 377 g/mol. The fourth-order valence-corrected chi connectivity index (χ4v) is 4.31. The molecule has 3 N–H and O–H groups in total. The van der Waals surface area contributed by atoms with Crippen molar-refractivity contribution in [2.45, 2.75) is 32.2 Å². The van der Waals surface area contributed by atoms with Gasteiger partial charge in [-0.1, -0.05) is 42.5 Å². The van der Waals surface area contributed by atoms with Gasteiger partial charge in [0, 0.05) is 5.92 Å². The molecule has 1 heterocycles. The van der Waals surface area contributed by atoms with Crippen LogP contribution in [0, 0.1) is 11.3 Å². The van der Waals surface area contributed by atoms with E-state index in [1.54, 1.807) is 12.1 Å². The maximum Gasteiger partial charge on any atom is 0.253 e. The molecule has 28 heavy (non-hydrogen) atoms. The molecule has 2 atom stereocenters. The predicted molar refractivity (Wildman–Crippen MR) is 110 cm³/mol. The number of hydrogen-bond acceptors (Lipinski definition) is 3. The Bertz CT molecular complexity index is 859. The van der Waals surface area contributed by atoms with Crippen LogP contribution >= 0.6 is 0 Å². The van der Waals surface area contributed by atoms with E-state index in [1.807, 2.05) is 49.4 Å². The molecule has 1 spiro atoms. The minimum Gasteiger partial charge on any atom is -0.345 e. The first-order valence-corrected chi connectivity index (χ1v) is 10.1. The van der Waals surface area contributed by atoms with E-state index in [0.717, 1.165) is 37.9 Å². The molecule has 1 aliphatic heterocycles. The highest BCUT2D eigenvalue weighted by Gasteiger charge is 2.57. The van der Waals surface area contributed by atoms with Crippen molar-refractivity contribution in [3.05, 3.63) is 65.7 Å². The standard InChI is InChI=1S/C23H27N3O2/c1-16(17-7-3-2-4-8-17)25-21(27)18-9-5-6-10-20(18)26-22(28)19-15-23(19)11-13-24-14-12-23/h2-10,16,19,24H,11-15H2,1H3,(H,25,27)(H,26,28). The molecule has 0 aromatic heterocycles. The lowest BCUT2D eigenvalue weighted by atomic mass is 9.91. The summed E-state index contributed by atoms with van der Waals surface area (Å²) in [6.45, 7) is 3.93. The average Bonchev–Trinajstić information content (AvgIpc) is 3.42. The molecule has 2 amide bonds. The van der Waals surface area contributed by atoms with Gasteiger partial charge in [0.1, 0.15) is 0 Å². The van der Waals surface area contributed by atoms with E-state index >= 15 is 0 Å². The van der Waals surface area contributed by atoms with Gasteiger partial charge in [-0.3, -0.25) is 9.59 Å². The Hall–Kier alpha value is -2.66. The number of benzene rings is 2. The highest BCUT2D eigenvalue weighted by molar-refractivity contribution is 6.05. The van der Waals surface area contributed by atoms with Gasteiger partial charge in [-0.25, -0.2) is 0 Å². The highest BCUT2D eigenvalue weighted by atomic mass is 16.2. The number of amides is 2. The molecule has 0 radical (unpaired) electrons. The van der Waals surface area contributed by atoms with Crippen molar-refractivity contribution in [2.75, 3.05) is 18.4 Å². The van der Waals surface area contributed by atoms with Gasteiger partial charge in [0.15, 0.2) is 0 Å². The second kappa shape index (κ2) is 7.76. The molecular formula is C23H27N3O2. The zero-order valence-electron chi connectivity index (χ0n) is 16.2. The maximum atomic E-state index is 12.8. The molecule has 1 aliphatic carbocycles. The van der Waals surface area contributed by atoms with Gasteiger partial charge >= 0.3 is 0 Å². The summed E-state index contributed by atoms with van der Waals surface area (Å²) in [4.78, 5) is 25.6. The quantitative estimate of drug-likeness (QED) is 0.747. The Balaban J connectivity index is 1.43. The summed E-state index contributed by atoms with van der Waals surface area (Å²) < 4.78 is 0. The number of anilines is 1. The van der Waals surface area contributed by atoms with E-state index in [4.69, 9.17) is 0 Å². The zero-order chi connectivity index (χ0) is 19.6. The fourth-order valence-electron chi connectivity index (χ4n) is 4.31. The third-order valence-corrected chi connectivity index (χ3v) is 6.18. The summed E-state index contributed by atoms with van der Waals surface area (Å²) in [7, 11) is 0. The lowest BCUT2D eigenvalue weighted by molar-refractivity contribution is -0.118. The molecule has 146 valence electrons. The van der Waals surface area contributed by atoms with E-state index < -0.39 is 0 Å². The Morgan fingerprint density at radius 1 is 1.04 bits per heavy atom. The van der Waals surface area contributed by atoms with Gasteiger partial charge in [-0.15, -0.1) is 0 Å². The smallest absolute Gasteiger partial charge is 0.253 e. The molecule has 2 aromatic rings. The van der Waals surface area contributed by atoms with Crippen molar-refractivity contribution in [1.29, 1.82) is 0 Å². The minimum absolute atomic E-state index is 0.0401. The van der Waals surface area contributed by atoms with E-state index in [0.29, 0.717) is 11.3 Å². The number of hydrogen-bond donors (Lipinski definition) is 3. The monoisotopic (exact) mass is 377 g/mol. The number of carbonyl (C=O) groups is 2. The van der Waals surface area contributed by atoms with Gasteiger partial charge in [-0.05, 0) is 62.4 Å². The van der Waals surface area contributed by atoms with E-state index in [1.165, 1.54) is 0 Å². The van der Waals surface area contributed by atoms with Crippen LogP contribution in [0.25, 0.3) is 0 Å². The molecule has 0 bridgehead atoms. The Labute approximate surface area is 165 Å². The van der Waals surface area contributed by atoms with Crippen LogP contribution in [-0.2, 0) is 4.79 Å². The van der Waals surface area contributed by atoms with Crippen LogP contribution in [-0.4, -0.2) is 24.9 Å². The van der Waals surface area contributed by atoms with Crippen molar-refractivity contribution in [2.24, 2.45) is 11.3 Å². The number of piperidine rings is 1. The minimum atomic E-state index is -0.181. The molecular weight excluding hydrogens is 350 g/mol. The largest absolute Gasteiger partial charge is 0.345 e. The Kier molecular flexibility index (Phi) is 5.18. The van der Waals surface area contributed by atoms with Crippen LogP contribution in [0.15, 0.2) is 54.6 Å². The van der Waals surface area contributed by atoms with Crippen LogP contribution < -0.4 is 16.0 Å². The third-order valence-electron chi connectivity index (χ3n) is 6.18. The lowest BCUT2D eigenvalue weighted by Crippen LogP contribution is -2.32. The molecule has 4 rings (SSSR count). The van der Waals surface area contributed by atoms with Crippen LogP contribution in [0.3, 0.4) is 0 Å². The summed E-state index contributed by atoms with van der Waals surface area (Å²) in [6, 6.07) is 17.0. The first-order valence-electron chi connectivity index (χ1n) is 10.1. The van der Waals surface area contributed by atoms with Gasteiger partial charge in [0.05, 0.1) is 17.3 Å². The summed E-state index contributed by atoms with van der Waals surface area (Å²) in [5.74, 6) is -0.0770. The Morgan fingerprint density at radius 2 is 1.71 bits per heavy atom. The SMILES string of the molecule is CC(NC(=O)c1ccccc1NC(=O)C1CC12CCNCC2)c1ccccc1. The number of rotatable bonds is 5. The molecule has 2 unspecified atom stereocenters. The maximum absolute atomic E-state index is 12.8. The van der Waals surface area contributed by atoms with Gasteiger partial charge in [-0.2, -0.15) is 0 Å². The van der Waals surface area contributed by atoms with Crippen molar-refractivity contribution in [3.8, 4) is 0 Å². The molecule has 5 heteroatoms. The van der Waals surface area contributed by atoms with Crippen LogP contribution in [0.5, 0.6) is 0 Å². The normalized spacial score (nSPS) is 21.0. The lowest BCUT2D eigenvalue weighted by Gasteiger charge is -2.23. The summed E-state index contributed by atoms with van der Waals surface area (Å²) in [5, 5.41) is 9.41. The number of carbonyl (C=O) groups excluding carboxylic acids is 2. The summed E-state index contributed by atoms with van der Waals surface area (Å²) >= 11 is 0. The van der Waals surface area contributed by atoms with Crippen molar-refractivity contribution >= 4 is 17.5 Å². The van der Waals surface area contributed by atoms with E-state index in [2.05, 4.69) is 16.0 Å². The van der Waals surface area contributed by atoms with Crippen molar-refractivity contribution in [3.63, 3.8) is 0 Å². The van der Waals surface area contributed by atoms with E-state index in [9.17, 15) is 9.59 Å². The van der Waals surface area contributed by atoms with Gasteiger partial charge in [0.25, 0.3) is 5.91 Å². The second-order valence-corrected chi connectivity index (χ2v) is 8.01. The number of para-hydroxylation sites is 1. The second-order valence-electron chi connectivity index (χ2n) is 8.01. The van der Waals surface area contributed by atoms with Crippen LogP contribution in [0.4, 0.5) is 5.69 Å². The topological polar surface area (TPSA) is 70.2 Å². The number of nitrogens with one attached hydrogen (secondary N) is 3. The van der Waals surface area contributed by atoms with Crippen LogP contribution in [0.1, 0.15) is 48.1 Å². The zero-order valence-corrected chi connectivity index (χ0v) is 16.2. The van der Waals surface area contributed by atoms with Crippen molar-refractivity contribution in [1.82, 2.24) is 10.6 Å². The molecule has 1 saturated carbocycles. The Morgan fingerprint density at radius 3 is 2.46 bits per heavy atom. The third kappa shape index (κ3) is 3.80. The molecule has 5 nitrogen and oxygen atoms in total. The molecule has 2 fully saturated rings. The summed E-state index contributed by atoms with van der Waals surface area (Å²) in [5.41, 5.74) is 2.30. The fraction of sp³-hybridized carbons (Fsp3) is 0.391. The molecule has 1 saturated heterocycles. The summed E-state index contributed by atoms with van der Waals surface area (Å²) in [6.07, 6.45) is 3.07. The highest BCUT2D eigenvalue weighted by Crippen LogP contribution is 2.58. The van der Waals surface area contributed by atoms with Gasteiger partial charge in [0.2, 0.25) is 5.91 Å². The van der Waals surface area contributed by atoms with Gasteiger partial charge < -0.3 is 16.0 Å². The molecule has 2 aliphatic rings. The van der Waals surface area contributed by atoms with E-state index in [-0.39, 0.29) is 29.2 Å². The van der Waals surface area contributed by atoms with Crippen molar-refractivity contribution < 1.29 is 9.59 Å².